The summed E-state index contributed by atoms with van der Waals surface area (Å²) in [5.41, 5.74) is 3.66. The number of nitrogens with zero attached hydrogens (tertiary/aromatic N) is 2. The second-order valence-corrected chi connectivity index (χ2v) is 5.64. The van der Waals surface area contributed by atoms with E-state index in [1.165, 1.54) is 11.1 Å². The Balaban J connectivity index is 1.90. The van der Waals surface area contributed by atoms with Crippen molar-refractivity contribution in [3.8, 4) is 0 Å². The molecule has 1 aromatic heterocycles. The highest BCUT2D eigenvalue weighted by atomic mass is 16.1. The second-order valence-electron chi connectivity index (χ2n) is 5.64. The summed E-state index contributed by atoms with van der Waals surface area (Å²) >= 11 is 0. The van der Waals surface area contributed by atoms with Crippen LogP contribution in [0.25, 0.3) is 0 Å². The van der Waals surface area contributed by atoms with Crippen molar-refractivity contribution in [3.05, 3.63) is 101 Å². The van der Waals surface area contributed by atoms with E-state index in [-0.39, 0.29) is 5.91 Å². The molecule has 0 bridgehead atoms. The van der Waals surface area contributed by atoms with Crippen molar-refractivity contribution >= 4 is 5.91 Å². The van der Waals surface area contributed by atoms with E-state index in [1.54, 1.807) is 0 Å². The molecule has 3 aromatic rings. The maximum absolute atomic E-state index is 12.4. The minimum Gasteiger partial charge on any atom is -0.328 e. The van der Waals surface area contributed by atoms with Gasteiger partial charge < -0.3 is 4.57 Å². The highest BCUT2D eigenvalue weighted by Crippen LogP contribution is 2.06. The van der Waals surface area contributed by atoms with Crippen LogP contribution in [0.15, 0.2) is 84.0 Å². The quantitative estimate of drug-likeness (QED) is 0.720. The number of carbonyl (C=O) groups is 1. The lowest BCUT2D eigenvalue weighted by molar-refractivity contribution is 0.0997. The zero-order valence-corrected chi connectivity index (χ0v) is 13.7. The molecule has 120 valence electrons. The van der Waals surface area contributed by atoms with Gasteiger partial charge >= 0.3 is 0 Å². The Morgan fingerprint density at radius 3 is 2.29 bits per heavy atom. The molecule has 2 aromatic carbocycles. The fourth-order valence-electron chi connectivity index (χ4n) is 2.53. The number of rotatable bonds is 4. The average molecular weight is 316 g/mol. The first-order chi connectivity index (χ1) is 11.8. The fraction of sp³-hybridized carbons (Fsp3) is 0.143. The van der Waals surface area contributed by atoms with E-state index < -0.39 is 0 Å². The lowest BCUT2D eigenvalue weighted by Gasteiger charge is -2.07. The molecule has 0 spiro atoms. The van der Waals surface area contributed by atoms with E-state index in [0.717, 1.165) is 6.42 Å². The van der Waals surface area contributed by atoms with Crippen molar-refractivity contribution in [3.63, 3.8) is 0 Å². The minimum absolute atomic E-state index is 0.217. The highest BCUT2D eigenvalue weighted by molar-refractivity contribution is 5.94. The van der Waals surface area contributed by atoms with Gasteiger partial charge in [0.1, 0.15) is 5.49 Å². The van der Waals surface area contributed by atoms with Crippen molar-refractivity contribution in [2.75, 3.05) is 0 Å². The van der Waals surface area contributed by atoms with E-state index in [4.69, 9.17) is 0 Å². The Hall–Kier alpha value is -2.94. The number of carbonyl (C=O) groups excluding carboxylic acids is 1. The normalized spacial score (nSPS) is 11.5. The van der Waals surface area contributed by atoms with E-state index in [0.29, 0.717) is 17.6 Å². The van der Waals surface area contributed by atoms with Crippen LogP contribution in [-0.4, -0.2) is 10.5 Å². The lowest BCUT2D eigenvalue weighted by atomic mass is 10.1. The van der Waals surface area contributed by atoms with Gasteiger partial charge in [-0.1, -0.05) is 55.5 Å². The number of benzene rings is 2. The molecule has 24 heavy (non-hydrogen) atoms. The van der Waals surface area contributed by atoms with Gasteiger partial charge in [-0.2, -0.15) is 4.99 Å². The fourth-order valence-corrected chi connectivity index (χ4v) is 2.53. The summed E-state index contributed by atoms with van der Waals surface area (Å²) in [4.78, 5) is 16.7. The molecular formula is C21H20N2O. The summed E-state index contributed by atoms with van der Waals surface area (Å²) in [5.74, 6) is -0.217. The Labute approximate surface area is 141 Å². The van der Waals surface area contributed by atoms with Gasteiger partial charge in [0.15, 0.2) is 0 Å². The summed E-state index contributed by atoms with van der Waals surface area (Å²) < 4.78 is 1.98. The maximum Gasteiger partial charge on any atom is 0.278 e. The zero-order chi connectivity index (χ0) is 16.8. The average Bonchev–Trinajstić information content (AvgIpc) is 2.64. The van der Waals surface area contributed by atoms with Crippen molar-refractivity contribution < 1.29 is 4.79 Å². The summed E-state index contributed by atoms with van der Waals surface area (Å²) in [7, 11) is 0. The molecule has 0 saturated heterocycles. The van der Waals surface area contributed by atoms with Gasteiger partial charge in [-0.25, -0.2) is 0 Å². The van der Waals surface area contributed by atoms with Crippen LogP contribution >= 0.6 is 0 Å². The van der Waals surface area contributed by atoms with E-state index in [9.17, 15) is 4.79 Å². The molecule has 0 aliphatic rings. The van der Waals surface area contributed by atoms with Crippen LogP contribution in [0.4, 0.5) is 0 Å². The number of hydrogen-bond acceptors (Lipinski definition) is 1. The van der Waals surface area contributed by atoms with Gasteiger partial charge in [0.05, 0.1) is 0 Å². The summed E-state index contributed by atoms with van der Waals surface area (Å²) in [6.45, 7) is 2.78. The molecule has 0 atom stereocenters. The molecule has 3 rings (SSSR count). The van der Waals surface area contributed by atoms with Crippen molar-refractivity contribution in [2.24, 2.45) is 4.99 Å². The van der Waals surface area contributed by atoms with Gasteiger partial charge in [-0.15, -0.1) is 0 Å². The monoisotopic (exact) mass is 316 g/mol. The third-order valence-corrected chi connectivity index (χ3v) is 3.94. The van der Waals surface area contributed by atoms with E-state index in [2.05, 4.69) is 24.0 Å². The Bertz CT molecular complexity index is 877. The Morgan fingerprint density at radius 1 is 0.875 bits per heavy atom. The smallest absolute Gasteiger partial charge is 0.278 e. The van der Waals surface area contributed by atoms with Crippen LogP contribution in [0.1, 0.15) is 28.4 Å². The first-order valence-corrected chi connectivity index (χ1v) is 8.13. The van der Waals surface area contributed by atoms with Gasteiger partial charge in [-0.3, -0.25) is 4.79 Å². The SMILES string of the molecule is CCc1ccc(C(=O)N=c2ccccn2Cc2ccccc2)cc1. The van der Waals surface area contributed by atoms with Gasteiger partial charge in [-0.05, 0) is 41.8 Å². The standard InChI is InChI=1S/C21H20N2O/c1-2-17-11-13-19(14-12-17)21(24)22-20-10-6-7-15-23(20)16-18-8-4-3-5-9-18/h3-15H,2,16H2,1H3. The number of pyridine rings is 1. The second kappa shape index (κ2) is 7.55. The Morgan fingerprint density at radius 2 is 1.58 bits per heavy atom. The summed E-state index contributed by atoms with van der Waals surface area (Å²) in [6.07, 6.45) is 2.90. The molecule has 0 unspecified atom stereocenters. The molecule has 1 amide bonds. The molecule has 3 heteroatoms. The third-order valence-electron chi connectivity index (χ3n) is 3.94. The Kier molecular flexibility index (Phi) is 5.02. The van der Waals surface area contributed by atoms with E-state index in [1.807, 2.05) is 71.4 Å². The largest absolute Gasteiger partial charge is 0.328 e. The molecule has 0 aliphatic heterocycles. The van der Waals surface area contributed by atoms with Crippen LogP contribution in [-0.2, 0) is 13.0 Å². The van der Waals surface area contributed by atoms with Crippen LogP contribution in [0.3, 0.4) is 0 Å². The number of aromatic nitrogens is 1. The topological polar surface area (TPSA) is 34.4 Å². The highest BCUT2D eigenvalue weighted by Gasteiger charge is 2.04. The zero-order valence-electron chi connectivity index (χ0n) is 13.7. The molecule has 1 heterocycles. The van der Waals surface area contributed by atoms with Crippen molar-refractivity contribution in [1.82, 2.24) is 4.57 Å². The van der Waals surface area contributed by atoms with E-state index >= 15 is 0 Å². The lowest BCUT2D eigenvalue weighted by Crippen LogP contribution is -2.22. The minimum atomic E-state index is -0.217. The summed E-state index contributed by atoms with van der Waals surface area (Å²) in [5, 5.41) is 0. The molecular weight excluding hydrogens is 296 g/mol. The van der Waals surface area contributed by atoms with Gasteiger partial charge in [0, 0.05) is 18.3 Å². The van der Waals surface area contributed by atoms with Gasteiger partial charge in [0.2, 0.25) is 0 Å². The molecule has 0 N–H and O–H groups in total. The van der Waals surface area contributed by atoms with Crippen molar-refractivity contribution in [2.45, 2.75) is 19.9 Å². The van der Waals surface area contributed by atoms with Crippen LogP contribution in [0.2, 0.25) is 0 Å². The first kappa shape index (κ1) is 15.9. The molecule has 3 nitrogen and oxygen atoms in total. The number of amides is 1. The first-order valence-electron chi connectivity index (χ1n) is 8.13. The molecule has 0 saturated carbocycles. The predicted molar refractivity (Wildman–Crippen MR) is 95.7 cm³/mol. The predicted octanol–water partition coefficient (Wildman–Crippen LogP) is 3.84. The van der Waals surface area contributed by atoms with Gasteiger partial charge in [0.25, 0.3) is 5.91 Å². The van der Waals surface area contributed by atoms with Crippen LogP contribution < -0.4 is 5.49 Å². The summed E-state index contributed by atoms with van der Waals surface area (Å²) in [6, 6.07) is 23.5. The van der Waals surface area contributed by atoms with Crippen molar-refractivity contribution in [1.29, 1.82) is 0 Å². The maximum atomic E-state index is 12.4. The number of hydrogen-bond donors (Lipinski definition) is 0. The molecule has 0 aliphatic carbocycles. The molecule has 0 fully saturated rings. The molecule has 0 radical (unpaired) electrons. The third kappa shape index (κ3) is 3.87. The number of aryl methyl sites for hydroxylation is 1. The van der Waals surface area contributed by atoms with Crippen LogP contribution in [0, 0.1) is 0 Å². The van der Waals surface area contributed by atoms with Crippen LogP contribution in [0.5, 0.6) is 0 Å².